The van der Waals surface area contributed by atoms with Crippen LogP contribution in [-0.2, 0) is 4.79 Å². The lowest BCUT2D eigenvalue weighted by Gasteiger charge is -2.31. The Hall–Kier alpha value is -1.46. The third-order valence-corrected chi connectivity index (χ3v) is 7.41. The molecule has 0 aromatic heterocycles. The van der Waals surface area contributed by atoms with Crippen molar-refractivity contribution in [2.45, 2.75) is 76.3 Å². The number of thioether (sulfide) groups is 1. The first-order valence-electron chi connectivity index (χ1n) is 10.8. The molecule has 2 saturated carbocycles. The summed E-state index contributed by atoms with van der Waals surface area (Å²) in [6.07, 6.45) is 13.9. The van der Waals surface area contributed by atoms with Crippen LogP contribution in [0.15, 0.2) is 28.1 Å². The molecule has 1 aliphatic heterocycles. The second-order valence-electron chi connectivity index (χ2n) is 8.18. The number of carbonyl (C=O) groups is 1. The molecule has 3 aliphatic rings. The lowest BCUT2D eigenvalue weighted by Crippen LogP contribution is -2.41. The summed E-state index contributed by atoms with van der Waals surface area (Å²) in [7, 11) is 1.60. The van der Waals surface area contributed by atoms with Crippen LogP contribution >= 0.6 is 23.4 Å². The smallest absolute Gasteiger partial charge is 0.266 e. The van der Waals surface area contributed by atoms with E-state index >= 15 is 0 Å². The molecule has 3 fully saturated rings. The van der Waals surface area contributed by atoms with Crippen LogP contribution in [0.4, 0.5) is 0 Å². The molecule has 0 radical (unpaired) electrons. The quantitative estimate of drug-likeness (QED) is 0.525. The van der Waals surface area contributed by atoms with Gasteiger partial charge in [0.05, 0.1) is 23.1 Å². The van der Waals surface area contributed by atoms with E-state index in [1.54, 1.807) is 7.11 Å². The van der Waals surface area contributed by atoms with Crippen molar-refractivity contribution < 1.29 is 9.53 Å². The summed E-state index contributed by atoms with van der Waals surface area (Å²) in [5, 5.41) is 1.47. The first kappa shape index (κ1) is 20.8. The maximum absolute atomic E-state index is 13.4. The standard InChI is InChI=1S/C23H29ClN2O2S/c1-28-20-13-12-16(14-19(20)24)15-21-22(27)26(18-10-6-3-7-11-18)23(29-21)25-17-8-4-2-5-9-17/h12-15,17-18H,2-11H2,1H3/b21-15+,25-23?. The fourth-order valence-electron chi connectivity index (χ4n) is 4.53. The van der Waals surface area contributed by atoms with Gasteiger partial charge >= 0.3 is 0 Å². The molecule has 0 N–H and O–H groups in total. The molecule has 0 atom stereocenters. The predicted molar refractivity (Wildman–Crippen MR) is 122 cm³/mol. The van der Waals surface area contributed by atoms with Crippen molar-refractivity contribution in [3.8, 4) is 5.75 Å². The lowest BCUT2D eigenvalue weighted by molar-refractivity contribution is -0.124. The summed E-state index contributed by atoms with van der Waals surface area (Å²) in [4.78, 5) is 21.2. The van der Waals surface area contributed by atoms with Crippen LogP contribution in [0.3, 0.4) is 0 Å². The molecule has 1 heterocycles. The van der Waals surface area contributed by atoms with Crippen molar-refractivity contribution in [3.05, 3.63) is 33.7 Å². The highest BCUT2D eigenvalue weighted by molar-refractivity contribution is 8.18. The van der Waals surface area contributed by atoms with E-state index in [0.717, 1.165) is 41.3 Å². The number of ether oxygens (including phenoxy) is 1. The number of nitrogens with zero attached hydrogens (tertiary/aromatic N) is 2. The number of benzene rings is 1. The Morgan fingerprint density at radius 1 is 1.10 bits per heavy atom. The zero-order valence-electron chi connectivity index (χ0n) is 17.0. The highest BCUT2D eigenvalue weighted by Gasteiger charge is 2.39. The predicted octanol–water partition coefficient (Wildman–Crippen LogP) is 6.29. The molecular weight excluding hydrogens is 404 g/mol. The Bertz CT molecular complexity index is 811. The monoisotopic (exact) mass is 432 g/mol. The van der Waals surface area contributed by atoms with E-state index in [0.29, 0.717) is 16.8 Å². The molecule has 4 rings (SSSR count). The van der Waals surface area contributed by atoms with Crippen molar-refractivity contribution in [1.29, 1.82) is 0 Å². The number of aliphatic imine (C=N–C) groups is 1. The van der Waals surface area contributed by atoms with Crippen LogP contribution in [0.1, 0.15) is 69.8 Å². The number of amides is 1. The molecule has 4 nitrogen and oxygen atoms in total. The zero-order chi connectivity index (χ0) is 20.2. The van der Waals surface area contributed by atoms with Crippen LogP contribution in [0.2, 0.25) is 5.02 Å². The van der Waals surface area contributed by atoms with E-state index < -0.39 is 0 Å². The molecule has 6 heteroatoms. The van der Waals surface area contributed by atoms with E-state index in [1.165, 1.54) is 50.3 Å². The Kier molecular flexibility index (Phi) is 6.86. The van der Waals surface area contributed by atoms with Crippen molar-refractivity contribution in [1.82, 2.24) is 4.90 Å². The second-order valence-corrected chi connectivity index (χ2v) is 9.59. The van der Waals surface area contributed by atoms with Crippen LogP contribution in [0, 0.1) is 0 Å². The van der Waals surface area contributed by atoms with Crippen LogP contribution in [0.25, 0.3) is 6.08 Å². The summed E-state index contributed by atoms with van der Waals surface area (Å²) >= 11 is 7.82. The zero-order valence-corrected chi connectivity index (χ0v) is 18.6. The average molecular weight is 433 g/mol. The summed E-state index contributed by atoms with van der Waals surface area (Å²) in [6.45, 7) is 0. The van der Waals surface area contributed by atoms with Crippen LogP contribution in [0.5, 0.6) is 5.75 Å². The van der Waals surface area contributed by atoms with Gasteiger partial charge in [-0.1, -0.05) is 56.2 Å². The first-order chi connectivity index (χ1) is 14.2. The largest absolute Gasteiger partial charge is 0.495 e. The Morgan fingerprint density at radius 2 is 1.79 bits per heavy atom. The fraction of sp³-hybridized carbons (Fsp3) is 0.565. The first-order valence-corrected chi connectivity index (χ1v) is 12.0. The highest BCUT2D eigenvalue weighted by Crippen LogP contribution is 2.39. The molecule has 1 saturated heterocycles. The minimum atomic E-state index is 0.100. The van der Waals surface area contributed by atoms with Gasteiger partial charge in [-0.25, -0.2) is 0 Å². The number of hydrogen-bond acceptors (Lipinski definition) is 4. The summed E-state index contributed by atoms with van der Waals surface area (Å²) in [5.74, 6) is 0.742. The Morgan fingerprint density at radius 3 is 2.45 bits per heavy atom. The molecule has 1 aromatic rings. The van der Waals surface area contributed by atoms with Gasteiger partial charge in [0.1, 0.15) is 5.75 Å². The summed E-state index contributed by atoms with van der Waals surface area (Å²) in [5.41, 5.74) is 0.911. The van der Waals surface area contributed by atoms with Crippen molar-refractivity contribution >= 4 is 40.5 Å². The Labute approximate surface area is 182 Å². The maximum Gasteiger partial charge on any atom is 0.266 e. The third kappa shape index (κ3) is 4.83. The molecular formula is C23H29ClN2O2S. The molecule has 0 unspecified atom stereocenters. The lowest BCUT2D eigenvalue weighted by atomic mass is 9.94. The van der Waals surface area contributed by atoms with E-state index in [1.807, 2.05) is 29.2 Å². The van der Waals surface area contributed by atoms with Crippen molar-refractivity contribution in [2.24, 2.45) is 4.99 Å². The molecule has 29 heavy (non-hydrogen) atoms. The highest BCUT2D eigenvalue weighted by atomic mass is 35.5. The van der Waals surface area contributed by atoms with E-state index in [9.17, 15) is 4.79 Å². The maximum atomic E-state index is 13.4. The van der Waals surface area contributed by atoms with Crippen LogP contribution in [-0.4, -0.2) is 35.2 Å². The Balaban J connectivity index is 1.62. The van der Waals surface area contributed by atoms with Gasteiger partial charge in [0, 0.05) is 6.04 Å². The minimum Gasteiger partial charge on any atom is -0.495 e. The SMILES string of the molecule is COc1ccc(/C=C2/SC(=NC3CCCCC3)N(C3CCCCC3)C2=O)cc1Cl. The van der Waals surface area contributed by atoms with Gasteiger partial charge in [-0.3, -0.25) is 14.7 Å². The van der Waals surface area contributed by atoms with Crippen LogP contribution < -0.4 is 4.74 Å². The van der Waals surface area contributed by atoms with Gasteiger partial charge in [0.25, 0.3) is 5.91 Å². The third-order valence-electron chi connectivity index (χ3n) is 6.12. The number of carbonyl (C=O) groups excluding carboxylic acids is 1. The minimum absolute atomic E-state index is 0.100. The molecule has 156 valence electrons. The van der Waals surface area contributed by atoms with E-state index in [4.69, 9.17) is 21.3 Å². The molecule has 0 spiro atoms. The number of hydrogen-bond donors (Lipinski definition) is 0. The van der Waals surface area contributed by atoms with Crippen molar-refractivity contribution in [3.63, 3.8) is 0 Å². The van der Waals surface area contributed by atoms with Gasteiger partial charge in [-0.2, -0.15) is 0 Å². The molecule has 1 amide bonds. The number of methoxy groups -OCH3 is 1. The average Bonchev–Trinajstić information content (AvgIpc) is 3.04. The summed E-state index contributed by atoms with van der Waals surface area (Å²) < 4.78 is 5.24. The normalized spacial score (nSPS) is 24.6. The topological polar surface area (TPSA) is 41.9 Å². The molecule has 2 aliphatic carbocycles. The number of halogens is 1. The van der Waals surface area contributed by atoms with E-state index in [2.05, 4.69) is 0 Å². The fourth-order valence-corrected chi connectivity index (χ4v) is 5.90. The number of rotatable bonds is 4. The van der Waals surface area contributed by atoms with Crippen molar-refractivity contribution in [2.75, 3.05) is 7.11 Å². The van der Waals surface area contributed by atoms with Gasteiger partial charge < -0.3 is 4.74 Å². The number of amidine groups is 1. The van der Waals surface area contributed by atoms with Gasteiger partial charge in [0.15, 0.2) is 5.17 Å². The molecule has 0 bridgehead atoms. The molecule has 1 aromatic carbocycles. The van der Waals surface area contributed by atoms with E-state index in [-0.39, 0.29) is 11.9 Å². The van der Waals surface area contributed by atoms with Gasteiger partial charge in [-0.05, 0) is 61.2 Å². The summed E-state index contributed by atoms with van der Waals surface area (Å²) in [6, 6.07) is 6.28. The van der Waals surface area contributed by atoms with Gasteiger partial charge in [0.2, 0.25) is 0 Å². The van der Waals surface area contributed by atoms with Gasteiger partial charge in [-0.15, -0.1) is 0 Å². The second kappa shape index (κ2) is 9.57.